The van der Waals surface area contributed by atoms with Crippen LogP contribution in [0.2, 0.25) is 0 Å². The summed E-state index contributed by atoms with van der Waals surface area (Å²) in [4.78, 5) is 0. The molecule has 1 aromatic rings. The Morgan fingerprint density at radius 3 is 1.75 bits per heavy atom. The lowest BCUT2D eigenvalue weighted by Crippen LogP contribution is -2.14. The van der Waals surface area contributed by atoms with Crippen molar-refractivity contribution in [3.05, 3.63) is 103 Å². The molecule has 0 N–H and O–H groups in total. The Kier molecular flexibility index (Phi) is 7.91. The van der Waals surface area contributed by atoms with Crippen LogP contribution in [0.4, 0.5) is 0 Å². The zero-order chi connectivity index (χ0) is 18.1. The van der Waals surface area contributed by atoms with E-state index in [2.05, 4.69) is 19.7 Å². The van der Waals surface area contributed by atoms with E-state index < -0.39 is 0 Å². The highest BCUT2D eigenvalue weighted by molar-refractivity contribution is 6.38. The summed E-state index contributed by atoms with van der Waals surface area (Å²) in [5.74, 6) is 0. The van der Waals surface area contributed by atoms with Crippen LogP contribution in [0.15, 0.2) is 97.1 Å². The fraction of sp³-hybridized carbons (Fsp3) is 0.0476. The average Bonchev–Trinajstić information content (AvgIpc) is 2.56. The molecule has 0 amide bonds. The molecular formula is C21H19B3. The van der Waals surface area contributed by atoms with E-state index in [1.807, 2.05) is 37.3 Å². The quantitative estimate of drug-likeness (QED) is 0.536. The second kappa shape index (κ2) is 9.67. The molecule has 0 heterocycles. The molecule has 0 atom stereocenters. The number of allylic oxidation sites excluding steroid dienone is 11. The Bertz CT molecular complexity index is 739. The molecule has 112 valence electrons. The lowest BCUT2D eigenvalue weighted by atomic mass is 9.84. The second-order valence-corrected chi connectivity index (χ2v) is 5.26. The van der Waals surface area contributed by atoms with Crippen molar-refractivity contribution in [3.8, 4) is 0 Å². The molecule has 0 aliphatic rings. The maximum atomic E-state index is 5.84. The van der Waals surface area contributed by atoms with Gasteiger partial charge in [-0.25, -0.2) is 0 Å². The third-order valence-corrected chi connectivity index (χ3v) is 3.41. The van der Waals surface area contributed by atoms with Crippen molar-refractivity contribution in [1.29, 1.82) is 0 Å². The van der Waals surface area contributed by atoms with Crippen LogP contribution in [0.1, 0.15) is 12.5 Å². The molecule has 0 spiro atoms. The summed E-state index contributed by atoms with van der Waals surface area (Å²) in [5, 5.41) is 0. The molecule has 0 bridgehead atoms. The van der Waals surface area contributed by atoms with Gasteiger partial charge in [0, 0.05) is 0 Å². The predicted molar refractivity (Wildman–Crippen MR) is 111 cm³/mol. The van der Waals surface area contributed by atoms with Crippen LogP contribution in [-0.4, -0.2) is 23.5 Å². The fourth-order valence-corrected chi connectivity index (χ4v) is 2.03. The lowest BCUT2D eigenvalue weighted by Gasteiger charge is -2.06. The van der Waals surface area contributed by atoms with Crippen LogP contribution >= 0.6 is 0 Å². The summed E-state index contributed by atoms with van der Waals surface area (Å²) < 4.78 is 0. The highest BCUT2D eigenvalue weighted by Gasteiger charge is 1.99. The number of rotatable bonds is 7. The highest BCUT2D eigenvalue weighted by atomic mass is 14.0. The molecular weight excluding hydrogens is 285 g/mol. The minimum Gasteiger partial charge on any atom is -0.0997 e. The Morgan fingerprint density at radius 2 is 1.29 bits per heavy atom. The molecule has 0 aromatic heterocycles. The van der Waals surface area contributed by atoms with Crippen molar-refractivity contribution < 1.29 is 0 Å². The number of hydrogen-bond acceptors (Lipinski definition) is 0. The van der Waals surface area contributed by atoms with Gasteiger partial charge in [-0.05, 0) is 29.2 Å². The molecule has 0 nitrogen and oxygen atoms in total. The summed E-state index contributed by atoms with van der Waals surface area (Å²) in [6.45, 7) is 13.3. The smallest absolute Gasteiger partial charge is 0.0997 e. The van der Waals surface area contributed by atoms with Crippen molar-refractivity contribution in [3.63, 3.8) is 0 Å². The molecule has 1 aromatic carbocycles. The number of hydrogen-bond donors (Lipinski definition) is 0. The largest absolute Gasteiger partial charge is 0.113 e. The molecule has 24 heavy (non-hydrogen) atoms. The van der Waals surface area contributed by atoms with E-state index in [4.69, 9.17) is 23.5 Å². The predicted octanol–water partition coefficient (Wildman–Crippen LogP) is 3.14. The SMILES string of the molecule is [B]/C(C=C)=C/C=C(C=C)/C(C=C)=C/C=C(\C)c1cc([B])cc([B])c1. The Labute approximate surface area is 150 Å². The third-order valence-electron chi connectivity index (χ3n) is 3.41. The van der Waals surface area contributed by atoms with E-state index in [1.54, 1.807) is 30.4 Å². The van der Waals surface area contributed by atoms with E-state index >= 15 is 0 Å². The van der Waals surface area contributed by atoms with E-state index in [1.165, 1.54) is 0 Å². The standard InChI is InChI=1S/C21H19B3/c1-5-16(17(6-2)10-11-19(22)7-3)9-8-15(4)18-12-20(23)14-21(24)13-18/h5-14H,1-3H2,4H3/b15-8+,16-9+,17-10+,19-11+. The minimum absolute atomic E-state index is 0.583. The van der Waals surface area contributed by atoms with Crippen LogP contribution in [0.5, 0.6) is 0 Å². The normalized spacial score (nSPS) is 13.5. The molecule has 0 unspecified atom stereocenters. The van der Waals surface area contributed by atoms with Crippen LogP contribution in [0, 0.1) is 0 Å². The van der Waals surface area contributed by atoms with E-state index in [0.29, 0.717) is 16.4 Å². The molecule has 6 radical (unpaired) electrons. The molecule has 0 saturated heterocycles. The topological polar surface area (TPSA) is 0 Å². The van der Waals surface area contributed by atoms with E-state index in [0.717, 1.165) is 22.3 Å². The van der Waals surface area contributed by atoms with Gasteiger partial charge in [0.2, 0.25) is 0 Å². The van der Waals surface area contributed by atoms with Gasteiger partial charge >= 0.3 is 0 Å². The number of benzene rings is 1. The monoisotopic (exact) mass is 304 g/mol. The Hall–Kier alpha value is -2.41. The zero-order valence-electron chi connectivity index (χ0n) is 14.1. The molecule has 3 heteroatoms. The van der Waals surface area contributed by atoms with Crippen LogP contribution < -0.4 is 10.9 Å². The maximum absolute atomic E-state index is 5.84. The van der Waals surface area contributed by atoms with Crippen molar-refractivity contribution in [2.24, 2.45) is 0 Å². The van der Waals surface area contributed by atoms with Gasteiger partial charge in [0.05, 0.1) is 0 Å². The second-order valence-electron chi connectivity index (χ2n) is 5.26. The van der Waals surface area contributed by atoms with Crippen molar-refractivity contribution in [2.45, 2.75) is 6.92 Å². The van der Waals surface area contributed by atoms with Crippen molar-refractivity contribution >= 4 is 40.0 Å². The fourth-order valence-electron chi connectivity index (χ4n) is 2.03. The Balaban J connectivity index is 3.20. The van der Waals surface area contributed by atoms with Gasteiger partial charge in [-0.3, -0.25) is 0 Å². The highest BCUT2D eigenvalue weighted by Crippen LogP contribution is 2.16. The molecule has 0 saturated carbocycles. The van der Waals surface area contributed by atoms with Crippen LogP contribution in [0.3, 0.4) is 0 Å². The van der Waals surface area contributed by atoms with E-state index in [9.17, 15) is 0 Å². The summed E-state index contributed by atoms with van der Waals surface area (Å²) in [5.41, 5.74) is 5.72. The summed E-state index contributed by atoms with van der Waals surface area (Å²) >= 11 is 0. The summed E-state index contributed by atoms with van der Waals surface area (Å²) in [6, 6.07) is 5.51. The molecule has 0 aliphatic carbocycles. The van der Waals surface area contributed by atoms with Crippen LogP contribution in [0.25, 0.3) is 5.57 Å². The van der Waals surface area contributed by atoms with Gasteiger partial charge in [0.15, 0.2) is 0 Å². The molecule has 1 rings (SSSR count). The average molecular weight is 304 g/mol. The van der Waals surface area contributed by atoms with Gasteiger partial charge < -0.3 is 0 Å². The maximum Gasteiger partial charge on any atom is 0.113 e. The Morgan fingerprint density at radius 1 is 0.792 bits per heavy atom. The third kappa shape index (κ3) is 6.00. The summed E-state index contributed by atoms with van der Waals surface area (Å²) in [6.07, 6.45) is 12.7. The minimum atomic E-state index is 0.583. The molecule has 0 aliphatic heterocycles. The molecule has 0 fully saturated rings. The van der Waals surface area contributed by atoms with E-state index in [-0.39, 0.29) is 0 Å². The summed E-state index contributed by atoms with van der Waals surface area (Å²) in [7, 11) is 17.4. The van der Waals surface area contributed by atoms with Crippen LogP contribution in [-0.2, 0) is 0 Å². The first-order valence-electron chi connectivity index (χ1n) is 7.51. The first-order valence-corrected chi connectivity index (χ1v) is 7.51. The van der Waals surface area contributed by atoms with Gasteiger partial charge in [-0.15, -0.1) is 0 Å². The van der Waals surface area contributed by atoms with Crippen molar-refractivity contribution in [1.82, 2.24) is 0 Å². The lowest BCUT2D eigenvalue weighted by molar-refractivity contribution is 1.54. The first kappa shape index (κ1) is 19.6. The van der Waals surface area contributed by atoms with Gasteiger partial charge in [0.1, 0.15) is 23.5 Å². The van der Waals surface area contributed by atoms with Gasteiger partial charge in [-0.2, -0.15) is 0 Å². The first-order chi connectivity index (χ1) is 11.4. The van der Waals surface area contributed by atoms with Gasteiger partial charge in [-0.1, -0.05) is 96.9 Å². The zero-order valence-corrected chi connectivity index (χ0v) is 14.1. The van der Waals surface area contributed by atoms with Gasteiger partial charge in [0.25, 0.3) is 0 Å². The van der Waals surface area contributed by atoms with Crippen molar-refractivity contribution in [2.75, 3.05) is 0 Å².